The molecule has 1 heterocycles. The van der Waals surface area contributed by atoms with Crippen molar-refractivity contribution >= 4 is 24.0 Å². The fourth-order valence-corrected chi connectivity index (χ4v) is 3.64. The van der Waals surface area contributed by atoms with Gasteiger partial charge in [0.15, 0.2) is 0 Å². The van der Waals surface area contributed by atoms with Gasteiger partial charge in [-0.15, -0.1) is 0 Å². The van der Waals surface area contributed by atoms with E-state index in [9.17, 15) is 0 Å². The van der Waals surface area contributed by atoms with Crippen LogP contribution >= 0.6 is 24.0 Å². The maximum absolute atomic E-state index is 4.26. The fourth-order valence-electron chi connectivity index (χ4n) is 2.76. The summed E-state index contributed by atoms with van der Waals surface area (Å²) in [5.41, 5.74) is 1.51. The van der Waals surface area contributed by atoms with Crippen molar-refractivity contribution in [1.82, 2.24) is 4.90 Å². The van der Waals surface area contributed by atoms with E-state index in [1.54, 1.807) is 0 Å². The highest BCUT2D eigenvalue weighted by molar-refractivity contribution is 7.80. The number of hydrogen-bond donors (Lipinski definition) is 1. The maximum Gasteiger partial charge on any atom is 0.0244 e. The third-order valence-electron chi connectivity index (χ3n) is 4.13. The largest absolute Gasteiger partial charge is 0.296 e. The van der Waals surface area contributed by atoms with E-state index in [0.717, 1.165) is 11.8 Å². The summed E-state index contributed by atoms with van der Waals surface area (Å²) in [4.78, 5) is 2.71. The summed E-state index contributed by atoms with van der Waals surface area (Å²) in [5, 5.41) is 4.50. The average molecular weight is 312 g/mol. The molecule has 0 atom stereocenters. The maximum atomic E-state index is 4.26. The smallest absolute Gasteiger partial charge is 0.0244 e. The summed E-state index contributed by atoms with van der Waals surface area (Å²) >= 11 is 6.08. The van der Waals surface area contributed by atoms with Crippen LogP contribution in [0.5, 0.6) is 0 Å². The summed E-state index contributed by atoms with van der Waals surface area (Å²) in [5.74, 6) is 1.05. The van der Waals surface area contributed by atoms with Gasteiger partial charge >= 0.3 is 0 Å². The number of unbranched alkanes of at least 4 members (excludes halogenated alkanes) is 6. The zero-order valence-electron chi connectivity index (χ0n) is 12.6. The molecule has 2 rings (SSSR count). The summed E-state index contributed by atoms with van der Waals surface area (Å²) < 4.78 is 0. The van der Waals surface area contributed by atoms with Crippen LogP contribution in [0.1, 0.15) is 63.4 Å². The highest BCUT2D eigenvalue weighted by atomic mass is 32.1. The molecule has 0 bridgehead atoms. The van der Waals surface area contributed by atoms with Crippen molar-refractivity contribution in [2.75, 3.05) is 12.3 Å². The van der Waals surface area contributed by atoms with Crippen LogP contribution < -0.4 is 0 Å². The molecule has 1 aromatic rings. The highest BCUT2D eigenvalue weighted by Gasteiger charge is 2.28. The van der Waals surface area contributed by atoms with E-state index in [1.165, 1.54) is 76.4 Å². The number of rotatable bonds is 12. The lowest BCUT2D eigenvalue weighted by molar-refractivity contribution is 0.248. The lowest BCUT2D eigenvalue weighted by Crippen LogP contribution is -2.26. The molecule has 1 nitrogen and oxygen atoms in total. The number of hydrogen-bond acceptors (Lipinski definition) is 3. The molecule has 0 radical (unpaired) electrons. The quantitative estimate of drug-likeness (QED) is 0.401. The van der Waals surface area contributed by atoms with Crippen LogP contribution in [-0.4, -0.2) is 23.2 Å². The zero-order valence-corrected chi connectivity index (χ0v) is 14.3. The molecule has 0 N–H and O–H groups in total. The Bertz CT molecular complexity index is 333. The molecule has 20 heavy (non-hydrogen) atoms. The molecule has 0 aromatic carbocycles. The second kappa shape index (κ2) is 9.86. The minimum Gasteiger partial charge on any atom is -0.296 e. The van der Waals surface area contributed by atoms with Gasteiger partial charge in [-0.25, -0.2) is 0 Å². The van der Waals surface area contributed by atoms with Crippen LogP contribution in [0.25, 0.3) is 0 Å². The average Bonchev–Trinajstić information content (AvgIpc) is 3.18. The molecule has 1 saturated carbocycles. The molecular weight excluding hydrogens is 282 g/mol. The van der Waals surface area contributed by atoms with Crippen LogP contribution in [0.15, 0.2) is 16.8 Å². The van der Waals surface area contributed by atoms with Gasteiger partial charge in [0.1, 0.15) is 0 Å². The van der Waals surface area contributed by atoms with Gasteiger partial charge in [-0.1, -0.05) is 32.1 Å². The lowest BCUT2D eigenvalue weighted by atomic mass is 10.1. The van der Waals surface area contributed by atoms with Crippen molar-refractivity contribution in [3.63, 3.8) is 0 Å². The molecule has 1 fully saturated rings. The summed E-state index contributed by atoms with van der Waals surface area (Å²) in [6, 6.07) is 3.17. The van der Waals surface area contributed by atoms with Crippen LogP contribution in [0.4, 0.5) is 0 Å². The predicted octanol–water partition coefficient (Wildman–Crippen LogP) is 5.37. The Morgan fingerprint density at radius 1 is 1.05 bits per heavy atom. The Kier molecular flexibility index (Phi) is 8.07. The van der Waals surface area contributed by atoms with E-state index in [0.29, 0.717) is 0 Å². The minimum atomic E-state index is 0.894. The molecule has 0 aliphatic heterocycles. The van der Waals surface area contributed by atoms with E-state index in [4.69, 9.17) is 0 Å². The standard InChI is InChI=1S/C17H29NS2/c19-12-7-5-3-1-2-4-6-11-18(17-8-9-17)14-16-10-13-20-15-16/h10,13,15,17,19H,1-9,11-12,14H2. The SMILES string of the molecule is SCCCCCCCCCN(Cc1ccsc1)C1CC1. The van der Waals surface area contributed by atoms with Crippen molar-refractivity contribution < 1.29 is 0 Å². The van der Waals surface area contributed by atoms with Gasteiger partial charge in [0.05, 0.1) is 0 Å². The van der Waals surface area contributed by atoms with Crippen molar-refractivity contribution in [3.8, 4) is 0 Å². The topological polar surface area (TPSA) is 3.24 Å². The van der Waals surface area contributed by atoms with Crippen molar-refractivity contribution in [1.29, 1.82) is 0 Å². The normalized spacial score (nSPS) is 15.1. The van der Waals surface area contributed by atoms with Crippen molar-refractivity contribution in [2.24, 2.45) is 0 Å². The molecule has 1 aromatic heterocycles. The Morgan fingerprint density at radius 2 is 1.75 bits per heavy atom. The summed E-state index contributed by atoms with van der Waals surface area (Å²) in [6.07, 6.45) is 12.5. The predicted molar refractivity (Wildman–Crippen MR) is 93.9 cm³/mol. The van der Waals surface area contributed by atoms with E-state index >= 15 is 0 Å². The molecule has 0 saturated heterocycles. The van der Waals surface area contributed by atoms with Gasteiger partial charge in [-0.05, 0) is 60.4 Å². The van der Waals surface area contributed by atoms with Crippen LogP contribution in [0.3, 0.4) is 0 Å². The van der Waals surface area contributed by atoms with E-state index in [-0.39, 0.29) is 0 Å². The summed E-state index contributed by atoms with van der Waals surface area (Å²) in [7, 11) is 0. The molecule has 1 aliphatic carbocycles. The van der Waals surface area contributed by atoms with Crippen LogP contribution in [-0.2, 0) is 6.54 Å². The van der Waals surface area contributed by atoms with E-state index in [1.807, 2.05) is 11.3 Å². The first-order valence-electron chi connectivity index (χ1n) is 8.26. The fraction of sp³-hybridized carbons (Fsp3) is 0.765. The van der Waals surface area contributed by atoms with Crippen LogP contribution in [0.2, 0.25) is 0 Å². The second-order valence-corrected chi connectivity index (χ2v) is 7.26. The zero-order chi connectivity index (χ0) is 14.0. The molecule has 3 heteroatoms. The van der Waals surface area contributed by atoms with Gasteiger partial charge in [-0.3, -0.25) is 4.90 Å². The van der Waals surface area contributed by atoms with Crippen molar-refractivity contribution in [2.45, 2.75) is 70.4 Å². The molecular formula is C17H29NS2. The van der Waals surface area contributed by atoms with E-state index in [2.05, 4.69) is 34.4 Å². The Balaban J connectivity index is 1.52. The third-order valence-corrected chi connectivity index (χ3v) is 5.18. The Morgan fingerprint density at radius 3 is 2.35 bits per heavy atom. The van der Waals surface area contributed by atoms with Gasteiger partial charge in [0.2, 0.25) is 0 Å². The monoisotopic (exact) mass is 311 g/mol. The molecule has 0 spiro atoms. The number of thiophene rings is 1. The first-order chi connectivity index (χ1) is 9.90. The Labute approximate surface area is 134 Å². The first kappa shape index (κ1) is 16.4. The number of thiol groups is 1. The molecule has 114 valence electrons. The molecule has 0 amide bonds. The third kappa shape index (κ3) is 6.64. The molecule has 1 aliphatic rings. The number of nitrogens with zero attached hydrogens (tertiary/aromatic N) is 1. The second-order valence-electron chi connectivity index (χ2n) is 6.03. The van der Waals surface area contributed by atoms with Gasteiger partial charge in [0, 0.05) is 12.6 Å². The first-order valence-corrected chi connectivity index (χ1v) is 9.83. The van der Waals surface area contributed by atoms with Gasteiger partial charge < -0.3 is 0 Å². The summed E-state index contributed by atoms with van der Waals surface area (Å²) in [6.45, 7) is 2.48. The minimum absolute atomic E-state index is 0.894. The lowest BCUT2D eigenvalue weighted by Gasteiger charge is -2.21. The van der Waals surface area contributed by atoms with Crippen molar-refractivity contribution in [3.05, 3.63) is 22.4 Å². The van der Waals surface area contributed by atoms with Gasteiger partial charge in [-0.2, -0.15) is 24.0 Å². The highest BCUT2D eigenvalue weighted by Crippen LogP contribution is 2.29. The van der Waals surface area contributed by atoms with Gasteiger partial charge in [0.25, 0.3) is 0 Å². The van der Waals surface area contributed by atoms with E-state index < -0.39 is 0 Å². The Hall–Kier alpha value is 0.01000. The molecule has 0 unspecified atom stereocenters. The van der Waals surface area contributed by atoms with Crippen LogP contribution in [0, 0.1) is 0 Å².